The molecule has 0 bridgehead atoms. The maximum Gasteiger partial charge on any atom is 0.410 e. The first-order valence-corrected chi connectivity index (χ1v) is 8.32. The predicted molar refractivity (Wildman–Crippen MR) is 89.5 cm³/mol. The summed E-state index contributed by atoms with van der Waals surface area (Å²) in [6, 6.07) is 2.29. The minimum absolute atomic E-state index is 0.0139. The molecule has 1 heterocycles. The standard InChI is InChI=1S/C13H22N2O3.2C2H6/c1-12(2,3)18-11(17)15-7-4-13(10-14,5-8-15)6-9-16;2*1-2/h16H,4-9H2,1-3H3;2*1-2H3. The number of aliphatic hydroxyl groups excluding tert-OH is 1. The lowest BCUT2D eigenvalue weighted by molar-refractivity contribution is 0.0132. The molecule has 0 saturated carbocycles. The van der Waals surface area contributed by atoms with Gasteiger partial charge < -0.3 is 14.7 Å². The lowest BCUT2D eigenvalue weighted by Gasteiger charge is -2.37. The molecule has 0 atom stereocenters. The highest BCUT2D eigenvalue weighted by Gasteiger charge is 2.36. The minimum Gasteiger partial charge on any atom is -0.444 e. The monoisotopic (exact) mass is 314 g/mol. The number of aliphatic hydroxyl groups is 1. The van der Waals surface area contributed by atoms with Crippen LogP contribution in [0.4, 0.5) is 4.79 Å². The average molecular weight is 314 g/mol. The van der Waals surface area contributed by atoms with E-state index in [2.05, 4.69) is 6.07 Å². The van der Waals surface area contributed by atoms with Crippen molar-refractivity contribution in [3.05, 3.63) is 0 Å². The molecule has 0 aromatic rings. The van der Waals surface area contributed by atoms with E-state index in [-0.39, 0.29) is 12.7 Å². The second kappa shape index (κ2) is 11.3. The van der Waals surface area contributed by atoms with Gasteiger partial charge in [0.25, 0.3) is 0 Å². The molecule has 0 radical (unpaired) electrons. The molecule has 0 aromatic carbocycles. The number of nitriles is 1. The van der Waals surface area contributed by atoms with Gasteiger partial charge in [0, 0.05) is 19.7 Å². The van der Waals surface area contributed by atoms with Gasteiger partial charge >= 0.3 is 6.09 Å². The molecule has 1 fully saturated rings. The van der Waals surface area contributed by atoms with E-state index in [1.807, 2.05) is 48.5 Å². The van der Waals surface area contributed by atoms with Gasteiger partial charge in [-0.3, -0.25) is 0 Å². The molecule has 5 heteroatoms. The molecule has 0 aromatic heterocycles. The molecule has 1 N–H and O–H groups in total. The Morgan fingerprint density at radius 1 is 1.23 bits per heavy atom. The Balaban J connectivity index is 0. The highest BCUT2D eigenvalue weighted by Crippen LogP contribution is 2.34. The van der Waals surface area contributed by atoms with Crippen LogP contribution in [0.25, 0.3) is 0 Å². The zero-order valence-electron chi connectivity index (χ0n) is 15.4. The Morgan fingerprint density at radius 2 is 1.68 bits per heavy atom. The van der Waals surface area contributed by atoms with Crippen LogP contribution in [-0.2, 0) is 4.74 Å². The summed E-state index contributed by atoms with van der Waals surface area (Å²) in [5.74, 6) is 0. The topological polar surface area (TPSA) is 73.6 Å². The second-order valence-corrected chi connectivity index (χ2v) is 5.83. The lowest BCUT2D eigenvalue weighted by Crippen LogP contribution is -2.45. The van der Waals surface area contributed by atoms with Crippen molar-refractivity contribution in [1.29, 1.82) is 5.26 Å². The van der Waals surface area contributed by atoms with Crippen LogP contribution in [0.1, 0.15) is 67.7 Å². The van der Waals surface area contributed by atoms with Crippen molar-refractivity contribution in [3.63, 3.8) is 0 Å². The summed E-state index contributed by atoms with van der Waals surface area (Å²) in [6.07, 6.45) is 1.36. The third-order valence-electron chi connectivity index (χ3n) is 3.20. The van der Waals surface area contributed by atoms with Gasteiger partial charge in [-0.15, -0.1) is 0 Å². The maximum atomic E-state index is 11.8. The third kappa shape index (κ3) is 8.23. The fourth-order valence-corrected chi connectivity index (χ4v) is 2.08. The summed E-state index contributed by atoms with van der Waals surface area (Å²) < 4.78 is 5.29. The number of piperidine rings is 1. The van der Waals surface area contributed by atoms with Gasteiger partial charge in [0.2, 0.25) is 0 Å². The van der Waals surface area contributed by atoms with Crippen molar-refractivity contribution in [1.82, 2.24) is 4.90 Å². The Morgan fingerprint density at radius 3 is 2.00 bits per heavy atom. The molecule has 1 rings (SSSR count). The van der Waals surface area contributed by atoms with Gasteiger partial charge in [0.05, 0.1) is 11.5 Å². The molecule has 1 aliphatic rings. The summed E-state index contributed by atoms with van der Waals surface area (Å²) in [5.41, 5.74) is -0.973. The largest absolute Gasteiger partial charge is 0.444 e. The molecule has 5 nitrogen and oxygen atoms in total. The van der Waals surface area contributed by atoms with E-state index in [0.717, 1.165) is 0 Å². The molecule has 0 aliphatic carbocycles. The number of nitrogens with zero attached hydrogens (tertiary/aromatic N) is 2. The zero-order valence-corrected chi connectivity index (χ0v) is 15.4. The highest BCUT2D eigenvalue weighted by molar-refractivity contribution is 5.68. The normalized spacial score (nSPS) is 16.2. The second-order valence-electron chi connectivity index (χ2n) is 5.83. The molecule has 1 saturated heterocycles. The predicted octanol–water partition coefficient (Wildman–Crippen LogP) is 3.96. The summed E-state index contributed by atoms with van der Waals surface area (Å²) in [4.78, 5) is 13.5. The first kappa shape index (κ1) is 23.0. The quantitative estimate of drug-likeness (QED) is 0.837. The van der Waals surface area contributed by atoms with E-state index < -0.39 is 11.0 Å². The van der Waals surface area contributed by atoms with Crippen LogP contribution < -0.4 is 0 Å². The van der Waals surface area contributed by atoms with Gasteiger partial charge in [-0.1, -0.05) is 27.7 Å². The van der Waals surface area contributed by atoms with Crippen molar-refractivity contribution in [2.24, 2.45) is 5.41 Å². The fourth-order valence-electron chi connectivity index (χ4n) is 2.08. The van der Waals surface area contributed by atoms with Crippen molar-refractivity contribution >= 4 is 6.09 Å². The molecular weight excluding hydrogens is 280 g/mol. The number of hydrogen-bond acceptors (Lipinski definition) is 4. The van der Waals surface area contributed by atoms with Crippen molar-refractivity contribution in [3.8, 4) is 6.07 Å². The Kier molecular flexibility index (Phi) is 11.8. The van der Waals surface area contributed by atoms with Gasteiger partial charge in [-0.2, -0.15) is 5.26 Å². The van der Waals surface area contributed by atoms with E-state index in [1.54, 1.807) is 4.90 Å². The summed E-state index contributed by atoms with van der Waals surface area (Å²) in [6.45, 7) is 14.5. The first-order chi connectivity index (χ1) is 10.3. The van der Waals surface area contributed by atoms with Crippen molar-refractivity contribution in [2.45, 2.75) is 73.3 Å². The van der Waals surface area contributed by atoms with E-state index in [0.29, 0.717) is 32.4 Å². The molecule has 22 heavy (non-hydrogen) atoms. The summed E-state index contributed by atoms with van der Waals surface area (Å²) in [5, 5.41) is 18.2. The van der Waals surface area contributed by atoms with Crippen LogP contribution in [0.5, 0.6) is 0 Å². The van der Waals surface area contributed by atoms with Crippen molar-refractivity contribution < 1.29 is 14.6 Å². The van der Waals surface area contributed by atoms with Crippen LogP contribution in [0.15, 0.2) is 0 Å². The number of amides is 1. The van der Waals surface area contributed by atoms with Crippen LogP contribution in [0.3, 0.4) is 0 Å². The molecule has 0 unspecified atom stereocenters. The summed E-state index contributed by atoms with van der Waals surface area (Å²) >= 11 is 0. The van der Waals surface area contributed by atoms with Gasteiger partial charge in [-0.25, -0.2) is 4.79 Å². The zero-order chi connectivity index (χ0) is 17.8. The Labute approximate surface area is 136 Å². The average Bonchev–Trinajstić information content (AvgIpc) is 2.50. The van der Waals surface area contributed by atoms with Gasteiger partial charge in [0.1, 0.15) is 5.60 Å². The smallest absolute Gasteiger partial charge is 0.410 e. The minimum atomic E-state index is -0.494. The van der Waals surface area contributed by atoms with Crippen LogP contribution in [-0.4, -0.2) is 41.4 Å². The fraction of sp³-hybridized carbons (Fsp3) is 0.882. The van der Waals surface area contributed by atoms with Crippen LogP contribution in [0, 0.1) is 16.7 Å². The SMILES string of the molecule is CC.CC.CC(C)(C)OC(=O)N1CCC(C#N)(CCO)CC1. The molecule has 1 amide bonds. The first-order valence-electron chi connectivity index (χ1n) is 8.32. The van der Waals surface area contributed by atoms with E-state index >= 15 is 0 Å². The summed E-state index contributed by atoms with van der Waals surface area (Å²) in [7, 11) is 0. The van der Waals surface area contributed by atoms with E-state index in [4.69, 9.17) is 9.84 Å². The number of ether oxygens (including phenoxy) is 1. The Bertz CT molecular complexity index is 335. The molecule has 130 valence electrons. The number of hydrogen-bond donors (Lipinski definition) is 1. The van der Waals surface area contributed by atoms with Crippen LogP contribution in [0.2, 0.25) is 0 Å². The van der Waals surface area contributed by atoms with E-state index in [9.17, 15) is 10.1 Å². The van der Waals surface area contributed by atoms with Gasteiger partial charge in [0.15, 0.2) is 0 Å². The van der Waals surface area contributed by atoms with Crippen molar-refractivity contribution in [2.75, 3.05) is 19.7 Å². The Hall–Kier alpha value is -1.28. The van der Waals surface area contributed by atoms with Crippen LogP contribution >= 0.6 is 0 Å². The number of rotatable bonds is 2. The third-order valence-corrected chi connectivity index (χ3v) is 3.20. The van der Waals surface area contributed by atoms with E-state index in [1.165, 1.54) is 0 Å². The number of carbonyl (C=O) groups is 1. The maximum absolute atomic E-state index is 11.8. The lowest BCUT2D eigenvalue weighted by atomic mass is 9.77. The van der Waals surface area contributed by atoms with Gasteiger partial charge in [-0.05, 0) is 40.0 Å². The number of carbonyl (C=O) groups excluding carboxylic acids is 1. The molecule has 0 spiro atoms. The molecule has 1 aliphatic heterocycles. The number of likely N-dealkylation sites (tertiary alicyclic amines) is 1. The highest BCUT2D eigenvalue weighted by atomic mass is 16.6. The molecular formula is C17H34N2O3.